The lowest BCUT2D eigenvalue weighted by Crippen LogP contribution is -2.53. The lowest BCUT2D eigenvalue weighted by molar-refractivity contribution is -0.376. The summed E-state index contributed by atoms with van der Waals surface area (Å²) in [6.45, 7) is 2.60. The maximum atomic E-state index is 13.3. The fourth-order valence-corrected chi connectivity index (χ4v) is 3.88. The van der Waals surface area contributed by atoms with E-state index in [2.05, 4.69) is 9.82 Å². The van der Waals surface area contributed by atoms with Gasteiger partial charge < -0.3 is 9.94 Å². The topological polar surface area (TPSA) is 100 Å². The van der Waals surface area contributed by atoms with Crippen molar-refractivity contribution in [2.75, 3.05) is 4.90 Å². The number of pyridine rings is 1. The lowest BCUT2D eigenvalue weighted by atomic mass is 9.78. The van der Waals surface area contributed by atoms with Gasteiger partial charge in [-0.15, -0.1) is 5.06 Å². The second-order valence-corrected chi connectivity index (χ2v) is 8.77. The van der Waals surface area contributed by atoms with Crippen molar-refractivity contribution in [1.29, 1.82) is 0 Å². The van der Waals surface area contributed by atoms with Crippen LogP contribution in [0.15, 0.2) is 48.8 Å². The summed E-state index contributed by atoms with van der Waals surface area (Å²) in [5, 5.41) is 9.36. The Bertz CT molecular complexity index is 1250. The molecule has 212 valence electrons. The van der Waals surface area contributed by atoms with Gasteiger partial charge in [-0.05, 0) is 29.8 Å². The molecule has 0 spiro atoms. The smallest absolute Gasteiger partial charge is 0.369 e. The average molecular weight is 573 g/mol. The molecule has 8 nitrogen and oxygen atoms in total. The molecule has 1 fully saturated rings. The summed E-state index contributed by atoms with van der Waals surface area (Å²) in [6.07, 6.45) is -15.6. The quantitative estimate of drug-likeness (QED) is 0.417. The number of hydrogen-bond donors (Lipinski definition) is 1. The molecular weight excluding hydrogens is 557 g/mol. The molecular formula is C22H16F9N3O5. The van der Waals surface area contributed by atoms with E-state index in [9.17, 15) is 59.0 Å². The van der Waals surface area contributed by atoms with E-state index in [0.717, 1.165) is 0 Å². The summed E-state index contributed by atoms with van der Waals surface area (Å²) >= 11 is 0. The van der Waals surface area contributed by atoms with Crippen LogP contribution in [0.1, 0.15) is 25.0 Å². The molecule has 0 aliphatic carbocycles. The number of carbonyl (C=O) groups is 3. The van der Waals surface area contributed by atoms with Gasteiger partial charge in [-0.25, -0.2) is 14.5 Å². The zero-order valence-corrected chi connectivity index (χ0v) is 19.5. The van der Waals surface area contributed by atoms with E-state index in [-0.39, 0.29) is 27.7 Å². The third kappa shape index (κ3) is 4.97. The summed E-state index contributed by atoms with van der Waals surface area (Å²) in [7, 11) is 0. The standard InChI is InChI=1S/C22H16F9N3O5/c1-18(2,11-7-9-32-10-8-11)14-15(35)33(17(37)34(14)39-16(36)20(23,24)25)13-5-3-12(4-6-13)19(38,21(26,27)28)22(29,30)31/h3-10,14,38H,1-2H3. The SMILES string of the molecule is CC(C)(c1ccncc1)C1C(=O)N(c2ccc(C(O)(C(F)(F)F)C(F)(F)F)cc2)C(=O)N1OC(=O)C(F)(F)F. The number of aliphatic hydroxyl groups is 1. The molecule has 1 aromatic carbocycles. The first-order valence-electron chi connectivity index (χ1n) is 10.5. The molecule has 2 heterocycles. The number of hydroxylamine groups is 2. The van der Waals surface area contributed by atoms with Crippen molar-refractivity contribution in [2.45, 2.75) is 49.4 Å². The Hall–Kier alpha value is -3.89. The molecule has 1 atom stereocenters. The van der Waals surface area contributed by atoms with Crippen molar-refractivity contribution < 1.29 is 63.8 Å². The van der Waals surface area contributed by atoms with Crippen LogP contribution in [0.2, 0.25) is 0 Å². The minimum absolute atomic E-state index is 0.112. The van der Waals surface area contributed by atoms with Gasteiger partial charge in [0, 0.05) is 23.4 Å². The molecule has 0 radical (unpaired) electrons. The van der Waals surface area contributed by atoms with Crippen LogP contribution in [0.4, 0.5) is 50.0 Å². The first-order valence-corrected chi connectivity index (χ1v) is 10.5. The van der Waals surface area contributed by atoms with Gasteiger partial charge in [-0.3, -0.25) is 9.78 Å². The van der Waals surface area contributed by atoms with E-state index in [1.807, 2.05) is 0 Å². The molecule has 0 bridgehead atoms. The maximum Gasteiger partial charge on any atom is 0.493 e. The molecule has 0 saturated carbocycles. The van der Waals surface area contributed by atoms with Crippen molar-refractivity contribution in [2.24, 2.45) is 0 Å². The predicted molar refractivity (Wildman–Crippen MR) is 110 cm³/mol. The van der Waals surface area contributed by atoms with Gasteiger partial charge in [0.1, 0.15) is 0 Å². The van der Waals surface area contributed by atoms with E-state index >= 15 is 0 Å². The zero-order valence-electron chi connectivity index (χ0n) is 19.5. The number of urea groups is 1. The molecule has 1 aliphatic heterocycles. The number of rotatable bonds is 5. The van der Waals surface area contributed by atoms with Gasteiger partial charge in [0.05, 0.1) is 5.69 Å². The molecule has 1 aliphatic rings. The number of nitrogens with zero attached hydrogens (tertiary/aromatic N) is 3. The number of carbonyl (C=O) groups excluding carboxylic acids is 3. The summed E-state index contributed by atoms with van der Waals surface area (Å²) in [5.41, 5.74) is -9.09. The second-order valence-electron chi connectivity index (χ2n) is 8.77. The molecule has 1 aromatic heterocycles. The second kappa shape index (κ2) is 9.39. The minimum Gasteiger partial charge on any atom is -0.369 e. The first kappa shape index (κ1) is 29.7. The van der Waals surface area contributed by atoms with Gasteiger partial charge in [-0.1, -0.05) is 26.0 Å². The number of aromatic nitrogens is 1. The van der Waals surface area contributed by atoms with Crippen LogP contribution in [0, 0.1) is 0 Å². The van der Waals surface area contributed by atoms with Crippen LogP contribution in [-0.4, -0.2) is 57.6 Å². The molecule has 1 N–H and O–H groups in total. The highest BCUT2D eigenvalue weighted by molar-refractivity contribution is 6.21. The highest BCUT2D eigenvalue weighted by atomic mass is 19.4. The molecule has 1 unspecified atom stereocenters. The largest absolute Gasteiger partial charge is 0.493 e. The normalized spacial score (nSPS) is 17.6. The maximum absolute atomic E-state index is 13.3. The van der Waals surface area contributed by atoms with E-state index in [0.29, 0.717) is 12.1 Å². The fourth-order valence-electron chi connectivity index (χ4n) is 3.88. The van der Waals surface area contributed by atoms with Crippen LogP contribution < -0.4 is 4.90 Å². The van der Waals surface area contributed by atoms with Gasteiger partial charge in [0.15, 0.2) is 6.04 Å². The predicted octanol–water partition coefficient (Wildman–Crippen LogP) is 4.53. The Morgan fingerprint density at radius 2 is 1.33 bits per heavy atom. The summed E-state index contributed by atoms with van der Waals surface area (Å²) in [5.74, 6) is -4.21. The highest BCUT2D eigenvalue weighted by Crippen LogP contribution is 2.50. The van der Waals surface area contributed by atoms with Crippen molar-refractivity contribution in [3.8, 4) is 0 Å². The molecule has 2 aromatic rings. The third-order valence-corrected chi connectivity index (χ3v) is 5.95. The average Bonchev–Trinajstić information content (AvgIpc) is 3.06. The number of alkyl halides is 9. The van der Waals surface area contributed by atoms with Gasteiger partial charge in [-0.2, -0.15) is 39.5 Å². The van der Waals surface area contributed by atoms with E-state index < -0.39 is 64.7 Å². The lowest BCUT2D eigenvalue weighted by Gasteiger charge is -2.34. The van der Waals surface area contributed by atoms with Gasteiger partial charge in [0.2, 0.25) is 0 Å². The van der Waals surface area contributed by atoms with Crippen LogP contribution in [0.3, 0.4) is 0 Å². The van der Waals surface area contributed by atoms with E-state index in [4.69, 9.17) is 0 Å². The molecule has 39 heavy (non-hydrogen) atoms. The number of halogens is 9. The Balaban J connectivity index is 2.10. The number of anilines is 1. The molecule has 1 saturated heterocycles. The monoisotopic (exact) mass is 573 g/mol. The fraction of sp³-hybridized carbons (Fsp3) is 0.364. The summed E-state index contributed by atoms with van der Waals surface area (Å²) < 4.78 is 118. The Labute approximate surface area is 212 Å². The van der Waals surface area contributed by atoms with Gasteiger partial charge in [0.25, 0.3) is 11.5 Å². The van der Waals surface area contributed by atoms with Crippen molar-refractivity contribution in [3.63, 3.8) is 0 Å². The van der Waals surface area contributed by atoms with Crippen LogP contribution in [0.5, 0.6) is 0 Å². The van der Waals surface area contributed by atoms with Gasteiger partial charge >= 0.3 is 30.5 Å². The van der Waals surface area contributed by atoms with Crippen LogP contribution in [0.25, 0.3) is 0 Å². The molecule has 3 rings (SSSR count). The van der Waals surface area contributed by atoms with Crippen LogP contribution in [-0.2, 0) is 25.4 Å². The number of benzene rings is 1. The van der Waals surface area contributed by atoms with Crippen LogP contribution >= 0.6 is 0 Å². The van der Waals surface area contributed by atoms with E-state index in [1.54, 1.807) is 0 Å². The Morgan fingerprint density at radius 1 is 0.846 bits per heavy atom. The van der Waals surface area contributed by atoms with E-state index in [1.165, 1.54) is 38.4 Å². The van der Waals surface area contributed by atoms with Crippen molar-refractivity contribution in [1.82, 2.24) is 10.0 Å². The molecule has 17 heteroatoms. The Morgan fingerprint density at radius 3 is 1.77 bits per heavy atom. The van der Waals surface area contributed by atoms with Crippen molar-refractivity contribution in [3.05, 3.63) is 59.9 Å². The molecule has 3 amide bonds. The minimum atomic E-state index is -6.23. The Kier molecular flexibility index (Phi) is 7.14. The number of imide groups is 1. The zero-order chi connectivity index (χ0) is 29.8. The number of amides is 3. The summed E-state index contributed by atoms with van der Waals surface area (Å²) in [4.78, 5) is 46.0. The number of hydrogen-bond acceptors (Lipinski definition) is 6. The summed E-state index contributed by atoms with van der Waals surface area (Å²) in [6, 6.07) is 0.134. The highest BCUT2D eigenvalue weighted by Gasteiger charge is 2.71. The van der Waals surface area contributed by atoms with Crippen molar-refractivity contribution >= 4 is 23.6 Å². The third-order valence-electron chi connectivity index (χ3n) is 5.95. The first-order chi connectivity index (χ1) is 17.7.